The Morgan fingerprint density at radius 3 is 2.78 bits per heavy atom. The van der Waals surface area contributed by atoms with Crippen LogP contribution in [0.1, 0.15) is 43.2 Å². The molecule has 1 aromatic carbocycles. The zero-order valence-corrected chi connectivity index (χ0v) is 16.1. The lowest BCUT2D eigenvalue weighted by Gasteiger charge is -2.44. The van der Waals surface area contributed by atoms with E-state index in [4.69, 9.17) is 5.73 Å². The van der Waals surface area contributed by atoms with E-state index in [2.05, 4.69) is 39.8 Å². The second-order valence-electron chi connectivity index (χ2n) is 7.75. The molecule has 0 bridgehead atoms. The summed E-state index contributed by atoms with van der Waals surface area (Å²) in [6.45, 7) is 2.08. The van der Waals surface area contributed by atoms with Crippen LogP contribution < -0.4 is 16.4 Å². The molecule has 6 heteroatoms. The topological polar surface area (TPSA) is 80.3 Å². The minimum Gasteiger partial charge on any atom is -0.334 e. The molecule has 1 saturated carbocycles. The van der Waals surface area contributed by atoms with Gasteiger partial charge in [0, 0.05) is 36.3 Å². The van der Waals surface area contributed by atoms with Crippen LogP contribution in [0.15, 0.2) is 47.9 Å². The second-order valence-corrected chi connectivity index (χ2v) is 7.75. The van der Waals surface area contributed by atoms with Gasteiger partial charge in [0.2, 0.25) is 5.96 Å². The Kier molecular flexibility index (Phi) is 4.74. The standard InChI is InChI=1S/C21H28N6/c1-15-7-6-10-18(11-15)25-20-23-13-19(16-12-24-27(2)14-16)21(22,26-20)17-8-4-3-5-9-17/h6-7,10-14,17H,3-5,8-9,22H2,1-2H3,(H2,23,25,26). The Labute approximate surface area is 160 Å². The lowest BCUT2D eigenvalue weighted by molar-refractivity contribution is 0.240. The molecular weight excluding hydrogens is 336 g/mol. The molecule has 4 N–H and O–H groups in total. The molecule has 0 radical (unpaired) electrons. The summed E-state index contributed by atoms with van der Waals surface area (Å²) in [7, 11) is 1.92. The highest BCUT2D eigenvalue weighted by Gasteiger charge is 2.42. The maximum absolute atomic E-state index is 7.06. The first-order valence-corrected chi connectivity index (χ1v) is 9.73. The van der Waals surface area contributed by atoms with E-state index in [9.17, 15) is 0 Å². The van der Waals surface area contributed by atoms with Gasteiger partial charge < -0.3 is 16.4 Å². The first-order chi connectivity index (χ1) is 13.0. The zero-order valence-electron chi connectivity index (χ0n) is 16.1. The van der Waals surface area contributed by atoms with Crippen molar-refractivity contribution in [1.29, 1.82) is 0 Å². The average Bonchev–Trinajstić information content (AvgIpc) is 3.08. The Bertz CT molecular complexity index is 874. The van der Waals surface area contributed by atoms with Gasteiger partial charge >= 0.3 is 0 Å². The van der Waals surface area contributed by atoms with Crippen LogP contribution in [-0.2, 0) is 7.05 Å². The Hall–Kier alpha value is -2.60. The van der Waals surface area contributed by atoms with Crippen molar-refractivity contribution in [2.75, 3.05) is 5.32 Å². The average molecular weight is 364 g/mol. The lowest BCUT2D eigenvalue weighted by atomic mass is 9.75. The SMILES string of the molecule is Cc1cccc(NC2=NC=C(c3cnn(C)c3)C(N)(C3CCCCC3)N2)c1. The predicted octanol–water partition coefficient (Wildman–Crippen LogP) is 3.38. The van der Waals surface area contributed by atoms with E-state index >= 15 is 0 Å². The molecule has 0 amide bonds. The number of anilines is 1. The third-order valence-electron chi connectivity index (χ3n) is 5.64. The summed E-state index contributed by atoms with van der Waals surface area (Å²) in [6, 6.07) is 8.26. The van der Waals surface area contributed by atoms with Crippen LogP contribution in [0, 0.1) is 12.8 Å². The van der Waals surface area contributed by atoms with Gasteiger partial charge in [-0.3, -0.25) is 4.68 Å². The van der Waals surface area contributed by atoms with Gasteiger partial charge in [0.15, 0.2) is 0 Å². The molecule has 1 atom stereocenters. The maximum Gasteiger partial charge on any atom is 0.202 e. The minimum absolute atomic E-state index is 0.363. The van der Waals surface area contributed by atoms with E-state index in [1.165, 1.54) is 24.8 Å². The Balaban J connectivity index is 1.67. The molecule has 0 spiro atoms. The number of nitrogens with two attached hydrogens (primary N) is 1. The van der Waals surface area contributed by atoms with Crippen LogP contribution >= 0.6 is 0 Å². The van der Waals surface area contributed by atoms with Crippen molar-refractivity contribution >= 4 is 17.2 Å². The molecule has 2 aromatic rings. The number of guanidine groups is 1. The van der Waals surface area contributed by atoms with Crippen molar-refractivity contribution in [1.82, 2.24) is 15.1 Å². The minimum atomic E-state index is -0.655. The van der Waals surface area contributed by atoms with E-state index in [-0.39, 0.29) is 0 Å². The van der Waals surface area contributed by atoms with Crippen LogP contribution in [0.3, 0.4) is 0 Å². The second kappa shape index (κ2) is 7.19. The van der Waals surface area contributed by atoms with E-state index in [1.807, 2.05) is 42.5 Å². The van der Waals surface area contributed by atoms with Gasteiger partial charge in [0.1, 0.15) is 5.66 Å². The van der Waals surface area contributed by atoms with Crippen molar-refractivity contribution < 1.29 is 0 Å². The summed E-state index contributed by atoms with van der Waals surface area (Å²) in [5.41, 5.74) is 10.6. The summed E-state index contributed by atoms with van der Waals surface area (Å²) >= 11 is 0. The van der Waals surface area contributed by atoms with Gasteiger partial charge in [-0.15, -0.1) is 0 Å². The monoisotopic (exact) mass is 364 g/mol. The largest absolute Gasteiger partial charge is 0.334 e. The van der Waals surface area contributed by atoms with E-state index < -0.39 is 5.66 Å². The number of aryl methyl sites for hydroxylation is 2. The fourth-order valence-electron chi connectivity index (χ4n) is 4.21. The van der Waals surface area contributed by atoms with E-state index in [0.29, 0.717) is 11.9 Å². The third-order valence-corrected chi connectivity index (χ3v) is 5.64. The summed E-state index contributed by atoms with van der Waals surface area (Å²) in [5, 5.41) is 11.3. The number of aromatic nitrogens is 2. The van der Waals surface area contributed by atoms with Crippen LogP contribution in [0.2, 0.25) is 0 Å². The number of hydrogen-bond donors (Lipinski definition) is 3. The highest BCUT2D eigenvalue weighted by Crippen LogP contribution is 2.39. The van der Waals surface area contributed by atoms with Crippen molar-refractivity contribution in [2.45, 2.75) is 44.7 Å². The molecule has 1 unspecified atom stereocenters. The number of rotatable bonds is 3. The third kappa shape index (κ3) is 3.62. The van der Waals surface area contributed by atoms with Crippen molar-refractivity contribution in [3.63, 3.8) is 0 Å². The van der Waals surface area contributed by atoms with Crippen LogP contribution in [0.4, 0.5) is 5.69 Å². The van der Waals surface area contributed by atoms with Gasteiger partial charge in [-0.2, -0.15) is 5.10 Å². The molecule has 142 valence electrons. The molecule has 1 aromatic heterocycles. The number of aliphatic imine (C=N–C) groups is 1. The smallest absolute Gasteiger partial charge is 0.202 e. The summed E-state index contributed by atoms with van der Waals surface area (Å²) in [4.78, 5) is 4.63. The van der Waals surface area contributed by atoms with Crippen LogP contribution in [-0.4, -0.2) is 21.4 Å². The zero-order chi connectivity index (χ0) is 18.9. The van der Waals surface area contributed by atoms with Crippen molar-refractivity contribution in [3.8, 4) is 0 Å². The van der Waals surface area contributed by atoms with Crippen LogP contribution in [0.25, 0.3) is 5.57 Å². The molecule has 27 heavy (non-hydrogen) atoms. The fourth-order valence-corrected chi connectivity index (χ4v) is 4.21. The van der Waals surface area contributed by atoms with Gasteiger partial charge in [-0.25, -0.2) is 4.99 Å². The lowest BCUT2D eigenvalue weighted by Crippen LogP contribution is -2.64. The van der Waals surface area contributed by atoms with Crippen LogP contribution in [0.5, 0.6) is 0 Å². The fraction of sp³-hybridized carbons (Fsp3) is 0.429. The normalized spacial score (nSPS) is 23.4. The molecule has 2 heterocycles. The first-order valence-electron chi connectivity index (χ1n) is 9.73. The van der Waals surface area contributed by atoms with Crippen molar-refractivity contribution in [3.05, 3.63) is 54.0 Å². The quantitative estimate of drug-likeness (QED) is 0.780. The van der Waals surface area contributed by atoms with Gasteiger partial charge in [-0.1, -0.05) is 31.4 Å². The predicted molar refractivity (Wildman–Crippen MR) is 110 cm³/mol. The molecular formula is C21H28N6. The molecule has 0 saturated heterocycles. The number of benzene rings is 1. The van der Waals surface area contributed by atoms with E-state index in [1.54, 1.807) is 0 Å². The van der Waals surface area contributed by atoms with Gasteiger partial charge in [0.05, 0.1) is 6.20 Å². The molecule has 6 nitrogen and oxygen atoms in total. The highest BCUT2D eigenvalue weighted by atomic mass is 15.3. The number of nitrogens with zero attached hydrogens (tertiary/aromatic N) is 3. The Morgan fingerprint density at radius 1 is 1.26 bits per heavy atom. The maximum atomic E-state index is 7.06. The number of nitrogens with one attached hydrogen (secondary N) is 2. The summed E-state index contributed by atoms with van der Waals surface area (Å²) in [5.74, 6) is 1.06. The Morgan fingerprint density at radius 2 is 2.07 bits per heavy atom. The summed E-state index contributed by atoms with van der Waals surface area (Å²) in [6.07, 6.45) is 11.8. The van der Waals surface area contributed by atoms with Crippen molar-refractivity contribution in [2.24, 2.45) is 23.7 Å². The van der Waals surface area contributed by atoms with Gasteiger partial charge in [-0.05, 0) is 43.4 Å². The molecule has 1 aliphatic heterocycles. The molecule has 1 aliphatic carbocycles. The molecule has 4 rings (SSSR count). The molecule has 2 aliphatic rings. The molecule has 1 fully saturated rings. The van der Waals surface area contributed by atoms with Gasteiger partial charge in [0.25, 0.3) is 0 Å². The van der Waals surface area contributed by atoms with E-state index in [0.717, 1.165) is 29.7 Å². The highest BCUT2D eigenvalue weighted by molar-refractivity contribution is 5.98. The first kappa shape index (κ1) is 17.8. The summed E-state index contributed by atoms with van der Waals surface area (Å²) < 4.78 is 1.81. The number of hydrogen-bond acceptors (Lipinski definition) is 5.